The zero-order valence-electron chi connectivity index (χ0n) is 11.3. The van der Waals surface area contributed by atoms with Crippen molar-refractivity contribution < 1.29 is 9.53 Å². The van der Waals surface area contributed by atoms with Gasteiger partial charge < -0.3 is 15.4 Å². The summed E-state index contributed by atoms with van der Waals surface area (Å²) in [6.07, 6.45) is 2.55. The van der Waals surface area contributed by atoms with Gasteiger partial charge in [-0.3, -0.25) is 4.79 Å². The van der Waals surface area contributed by atoms with E-state index in [0.717, 1.165) is 31.7 Å². The smallest absolute Gasteiger partial charge is 0.226 e. The number of nitrogens with two attached hydrogens (primary N) is 1. The second-order valence-corrected chi connectivity index (χ2v) is 4.98. The van der Waals surface area contributed by atoms with E-state index >= 15 is 0 Å². The Hall–Kier alpha value is -1.55. The lowest BCUT2D eigenvalue weighted by molar-refractivity contribution is -0.130. The Kier molecular flexibility index (Phi) is 5.21. The summed E-state index contributed by atoms with van der Waals surface area (Å²) in [5.74, 6) is 1.59. The molecule has 1 atom stereocenters. The van der Waals surface area contributed by atoms with Gasteiger partial charge in [-0.15, -0.1) is 0 Å². The van der Waals surface area contributed by atoms with Crippen molar-refractivity contribution in [2.24, 2.45) is 11.7 Å². The fourth-order valence-corrected chi connectivity index (χ4v) is 2.46. The summed E-state index contributed by atoms with van der Waals surface area (Å²) in [5.41, 5.74) is 5.55. The number of ether oxygens (including phenoxy) is 1. The number of carbonyl (C=O) groups excluding carboxylic acids is 1. The average molecular weight is 262 g/mol. The molecule has 1 saturated heterocycles. The van der Waals surface area contributed by atoms with Crippen LogP contribution in [0.4, 0.5) is 0 Å². The molecule has 1 unspecified atom stereocenters. The lowest BCUT2D eigenvalue weighted by Gasteiger charge is -2.16. The summed E-state index contributed by atoms with van der Waals surface area (Å²) >= 11 is 0. The van der Waals surface area contributed by atoms with Crippen LogP contribution in [0.2, 0.25) is 0 Å². The van der Waals surface area contributed by atoms with Gasteiger partial charge in [0.25, 0.3) is 0 Å². The molecule has 0 aromatic heterocycles. The highest BCUT2D eigenvalue weighted by Crippen LogP contribution is 2.19. The molecule has 1 aromatic rings. The van der Waals surface area contributed by atoms with Crippen LogP contribution in [-0.4, -0.2) is 37.0 Å². The zero-order valence-corrected chi connectivity index (χ0v) is 11.3. The van der Waals surface area contributed by atoms with Crippen LogP contribution in [0.15, 0.2) is 30.3 Å². The maximum absolute atomic E-state index is 12.0. The first kappa shape index (κ1) is 13.9. The SMILES string of the molecule is NCCC1CCN(C(=O)CCOc2ccccc2)C1. The number of nitrogens with zero attached hydrogens (tertiary/aromatic N) is 1. The third kappa shape index (κ3) is 4.24. The Bertz CT molecular complexity index is 394. The molecule has 104 valence electrons. The Morgan fingerprint density at radius 1 is 1.37 bits per heavy atom. The van der Waals surface area contributed by atoms with E-state index in [4.69, 9.17) is 10.5 Å². The number of hydrogen-bond acceptors (Lipinski definition) is 3. The van der Waals surface area contributed by atoms with Crippen molar-refractivity contribution >= 4 is 5.91 Å². The third-order valence-corrected chi connectivity index (χ3v) is 3.54. The number of rotatable bonds is 6. The minimum Gasteiger partial charge on any atom is -0.493 e. The molecule has 1 fully saturated rings. The Morgan fingerprint density at radius 2 is 2.16 bits per heavy atom. The molecule has 0 radical (unpaired) electrons. The minimum atomic E-state index is 0.190. The van der Waals surface area contributed by atoms with E-state index in [1.54, 1.807) is 0 Å². The van der Waals surface area contributed by atoms with Crippen molar-refractivity contribution in [3.63, 3.8) is 0 Å². The molecule has 4 heteroatoms. The van der Waals surface area contributed by atoms with Gasteiger partial charge in [-0.05, 0) is 37.4 Å². The van der Waals surface area contributed by atoms with Crippen LogP contribution >= 0.6 is 0 Å². The fraction of sp³-hybridized carbons (Fsp3) is 0.533. The molecule has 1 amide bonds. The van der Waals surface area contributed by atoms with E-state index in [1.165, 1.54) is 0 Å². The van der Waals surface area contributed by atoms with Crippen LogP contribution in [0.25, 0.3) is 0 Å². The molecule has 0 spiro atoms. The standard InChI is InChI=1S/C15H22N2O2/c16-9-6-13-7-10-17(12-13)15(18)8-11-19-14-4-2-1-3-5-14/h1-5,13H,6-12,16H2. The van der Waals surface area contributed by atoms with Crippen LogP contribution in [0.1, 0.15) is 19.3 Å². The molecule has 1 aliphatic heterocycles. The molecular weight excluding hydrogens is 240 g/mol. The molecule has 4 nitrogen and oxygen atoms in total. The van der Waals surface area contributed by atoms with Gasteiger partial charge in [0.05, 0.1) is 13.0 Å². The molecule has 1 aliphatic rings. The third-order valence-electron chi connectivity index (χ3n) is 3.54. The monoisotopic (exact) mass is 262 g/mol. The lowest BCUT2D eigenvalue weighted by atomic mass is 10.1. The molecule has 1 heterocycles. The summed E-state index contributed by atoms with van der Waals surface area (Å²) in [5, 5.41) is 0. The molecule has 2 N–H and O–H groups in total. The van der Waals surface area contributed by atoms with Crippen molar-refractivity contribution in [2.75, 3.05) is 26.2 Å². The molecule has 0 bridgehead atoms. The molecule has 0 aliphatic carbocycles. The number of likely N-dealkylation sites (tertiary alicyclic amines) is 1. The lowest BCUT2D eigenvalue weighted by Crippen LogP contribution is -2.30. The van der Waals surface area contributed by atoms with Gasteiger partial charge in [-0.2, -0.15) is 0 Å². The summed E-state index contributed by atoms with van der Waals surface area (Å²) in [6, 6.07) is 9.60. The molecule has 19 heavy (non-hydrogen) atoms. The largest absolute Gasteiger partial charge is 0.493 e. The van der Waals surface area contributed by atoms with Crippen LogP contribution in [-0.2, 0) is 4.79 Å². The average Bonchev–Trinajstić information content (AvgIpc) is 2.89. The maximum atomic E-state index is 12.0. The summed E-state index contributed by atoms with van der Waals surface area (Å²) in [6.45, 7) is 2.89. The summed E-state index contributed by atoms with van der Waals surface area (Å²) < 4.78 is 5.54. The summed E-state index contributed by atoms with van der Waals surface area (Å²) in [4.78, 5) is 13.9. The van der Waals surface area contributed by atoms with Gasteiger partial charge in [-0.25, -0.2) is 0 Å². The highest BCUT2D eigenvalue weighted by atomic mass is 16.5. The van der Waals surface area contributed by atoms with Crippen LogP contribution in [0, 0.1) is 5.92 Å². The van der Waals surface area contributed by atoms with Crippen molar-refractivity contribution in [1.29, 1.82) is 0 Å². The van der Waals surface area contributed by atoms with Crippen LogP contribution < -0.4 is 10.5 Å². The number of amides is 1. The van der Waals surface area contributed by atoms with Gasteiger partial charge >= 0.3 is 0 Å². The van der Waals surface area contributed by atoms with Gasteiger partial charge in [0.1, 0.15) is 5.75 Å². The van der Waals surface area contributed by atoms with Crippen LogP contribution in [0.3, 0.4) is 0 Å². The van der Waals surface area contributed by atoms with E-state index in [0.29, 0.717) is 25.5 Å². The van der Waals surface area contributed by atoms with Gasteiger partial charge in [-0.1, -0.05) is 18.2 Å². The molecule has 1 aromatic carbocycles. The highest BCUT2D eigenvalue weighted by Gasteiger charge is 2.25. The Morgan fingerprint density at radius 3 is 2.89 bits per heavy atom. The van der Waals surface area contributed by atoms with E-state index in [9.17, 15) is 4.79 Å². The normalized spacial score (nSPS) is 18.6. The van der Waals surface area contributed by atoms with Crippen molar-refractivity contribution in [1.82, 2.24) is 4.90 Å². The first-order valence-corrected chi connectivity index (χ1v) is 6.95. The first-order chi connectivity index (χ1) is 9.29. The van der Waals surface area contributed by atoms with Gasteiger partial charge in [0, 0.05) is 13.1 Å². The quantitative estimate of drug-likeness (QED) is 0.848. The molecule has 2 rings (SSSR count). The summed E-state index contributed by atoms with van der Waals surface area (Å²) in [7, 11) is 0. The van der Waals surface area contributed by atoms with E-state index < -0.39 is 0 Å². The molecular formula is C15H22N2O2. The first-order valence-electron chi connectivity index (χ1n) is 6.95. The van der Waals surface area contributed by atoms with E-state index in [2.05, 4.69) is 0 Å². The fourth-order valence-electron chi connectivity index (χ4n) is 2.46. The van der Waals surface area contributed by atoms with Crippen LogP contribution in [0.5, 0.6) is 5.75 Å². The predicted molar refractivity (Wildman–Crippen MR) is 74.9 cm³/mol. The van der Waals surface area contributed by atoms with E-state index in [-0.39, 0.29) is 5.91 Å². The topological polar surface area (TPSA) is 55.6 Å². The minimum absolute atomic E-state index is 0.190. The second kappa shape index (κ2) is 7.14. The van der Waals surface area contributed by atoms with Crippen molar-refractivity contribution in [2.45, 2.75) is 19.3 Å². The Labute approximate surface area is 114 Å². The Balaban J connectivity index is 1.68. The van der Waals surface area contributed by atoms with Crippen molar-refractivity contribution in [3.8, 4) is 5.75 Å². The maximum Gasteiger partial charge on any atom is 0.226 e. The number of hydrogen-bond donors (Lipinski definition) is 1. The number of benzene rings is 1. The van der Waals surface area contributed by atoms with Gasteiger partial charge in [0.2, 0.25) is 5.91 Å². The zero-order chi connectivity index (χ0) is 13.5. The number of para-hydroxylation sites is 1. The number of carbonyl (C=O) groups is 1. The predicted octanol–water partition coefficient (Wildman–Crippen LogP) is 1.65. The highest BCUT2D eigenvalue weighted by molar-refractivity contribution is 5.76. The second-order valence-electron chi connectivity index (χ2n) is 4.98. The van der Waals surface area contributed by atoms with Gasteiger partial charge in [0.15, 0.2) is 0 Å². The van der Waals surface area contributed by atoms with Crippen molar-refractivity contribution in [3.05, 3.63) is 30.3 Å². The molecule has 0 saturated carbocycles. The van der Waals surface area contributed by atoms with E-state index in [1.807, 2.05) is 35.2 Å².